The molecule has 0 amide bonds. The van der Waals surface area contributed by atoms with Gasteiger partial charge in [-0.05, 0) is 70.0 Å². The van der Waals surface area contributed by atoms with Gasteiger partial charge in [0, 0.05) is 71.0 Å². The van der Waals surface area contributed by atoms with E-state index in [-0.39, 0.29) is 30.0 Å². The van der Waals surface area contributed by atoms with Crippen molar-refractivity contribution in [3.63, 3.8) is 0 Å². The number of hydrogen-bond acceptors (Lipinski definition) is 8. The maximum atomic E-state index is 13.0. The quantitative estimate of drug-likeness (QED) is 0.0418. The van der Waals surface area contributed by atoms with E-state index in [0.717, 1.165) is 43.3 Å². The minimum atomic E-state index is -5.14. The second-order valence-electron chi connectivity index (χ2n) is 10.0. The van der Waals surface area contributed by atoms with E-state index >= 15 is 0 Å². The van der Waals surface area contributed by atoms with E-state index in [0.29, 0.717) is 27.9 Å². The Morgan fingerprint density at radius 2 is 1.66 bits per heavy atom. The maximum absolute atomic E-state index is 13.0. The van der Waals surface area contributed by atoms with E-state index < -0.39 is 25.0 Å². The standard InChI is InChI=1S/C30H36N6O6S2/c1-5-35(6-2)21-10-13-24-27(18-21)42-28-19-22(36(7-3)8-4)11-14-25(28)30(24)26-15-12-23(20-29(26)44(39,40)41)43(37,38)33-17-9-16-32-34-31/h10-15,18-20,33H,5-9,16-17H2,1-4H3. The van der Waals surface area contributed by atoms with Crippen molar-refractivity contribution in [2.75, 3.05) is 44.2 Å². The van der Waals surface area contributed by atoms with E-state index in [2.05, 4.69) is 24.2 Å². The number of nitrogens with zero attached hydrogens (tertiary/aromatic N) is 5. The van der Waals surface area contributed by atoms with Crippen LogP contribution >= 0.6 is 0 Å². The summed E-state index contributed by atoms with van der Waals surface area (Å²) in [5.74, 6) is 0.487. The SMILES string of the molecule is CCN(CC)c1ccc2c(-c3ccc(S(=O)(=O)NCCCN=[N+]=[N-])cc3S(=O)(=O)[O-])c3ccc(=[N+](CC)CC)cc-3oc2c1. The van der Waals surface area contributed by atoms with Crippen molar-refractivity contribution >= 4 is 36.8 Å². The first kappa shape index (κ1) is 33.0. The highest BCUT2D eigenvalue weighted by atomic mass is 32.2. The Labute approximate surface area is 257 Å². The van der Waals surface area contributed by atoms with Crippen molar-refractivity contribution in [3.8, 4) is 22.5 Å². The zero-order valence-electron chi connectivity index (χ0n) is 25.1. The lowest BCUT2D eigenvalue weighted by molar-refractivity contribution is 0.463. The predicted molar refractivity (Wildman–Crippen MR) is 170 cm³/mol. The molecular formula is C30H36N6O6S2. The molecular weight excluding hydrogens is 605 g/mol. The second-order valence-corrected chi connectivity index (χ2v) is 13.1. The first-order valence-electron chi connectivity index (χ1n) is 14.4. The summed E-state index contributed by atoms with van der Waals surface area (Å²) in [6, 6.07) is 14.8. The average Bonchev–Trinajstić information content (AvgIpc) is 3.00. The zero-order valence-corrected chi connectivity index (χ0v) is 26.8. The Morgan fingerprint density at radius 1 is 0.955 bits per heavy atom. The van der Waals surface area contributed by atoms with Crippen LogP contribution in [0, 0.1) is 0 Å². The Bertz CT molecular complexity index is 1970. The number of benzene rings is 3. The van der Waals surface area contributed by atoms with Gasteiger partial charge in [-0.1, -0.05) is 11.2 Å². The first-order chi connectivity index (χ1) is 21.0. The third-order valence-electron chi connectivity index (χ3n) is 7.54. The third-order valence-corrected chi connectivity index (χ3v) is 9.87. The molecule has 14 heteroatoms. The lowest BCUT2D eigenvalue weighted by Crippen LogP contribution is -2.29. The van der Waals surface area contributed by atoms with Crippen LogP contribution in [0.4, 0.5) is 5.69 Å². The van der Waals surface area contributed by atoms with E-state index in [1.807, 2.05) is 64.1 Å². The molecule has 0 saturated carbocycles. The molecule has 44 heavy (non-hydrogen) atoms. The van der Waals surface area contributed by atoms with Crippen LogP contribution in [0.5, 0.6) is 0 Å². The molecule has 0 unspecified atom stereocenters. The van der Waals surface area contributed by atoms with E-state index in [4.69, 9.17) is 9.95 Å². The predicted octanol–water partition coefficient (Wildman–Crippen LogP) is 4.75. The fraction of sp³-hybridized carbons (Fsp3) is 0.367. The summed E-state index contributed by atoms with van der Waals surface area (Å²) < 4.78 is 75.0. The Kier molecular flexibility index (Phi) is 10.3. The molecule has 0 aromatic heterocycles. The summed E-state index contributed by atoms with van der Waals surface area (Å²) in [6.45, 7) is 11.3. The monoisotopic (exact) mass is 640 g/mol. The normalized spacial score (nSPS) is 11.9. The van der Waals surface area contributed by atoms with Crippen LogP contribution in [0.15, 0.2) is 73.9 Å². The van der Waals surface area contributed by atoms with Gasteiger partial charge in [-0.15, -0.1) is 0 Å². The van der Waals surface area contributed by atoms with Crippen LogP contribution in [0.3, 0.4) is 0 Å². The highest BCUT2D eigenvalue weighted by Gasteiger charge is 2.25. The molecule has 0 fully saturated rings. The summed E-state index contributed by atoms with van der Waals surface area (Å²) in [5, 5.41) is 4.85. The molecule has 1 aliphatic carbocycles. The molecule has 2 aliphatic rings. The zero-order chi connectivity index (χ0) is 32.1. The number of hydrogen-bond donors (Lipinski definition) is 1. The van der Waals surface area contributed by atoms with Crippen LogP contribution in [0.1, 0.15) is 34.1 Å². The van der Waals surface area contributed by atoms with Crippen LogP contribution in [-0.4, -0.2) is 60.7 Å². The molecule has 1 N–H and O–H groups in total. The van der Waals surface area contributed by atoms with Crippen molar-refractivity contribution in [1.29, 1.82) is 0 Å². The van der Waals surface area contributed by atoms with E-state index in [1.54, 1.807) is 0 Å². The van der Waals surface area contributed by atoms with Gasteiger partial charge >= 0.3 is 0 Å². The Balaban J connectivity index is 2.02. The smallest absolute Gasteiger partial charge is 0.240 e. The molecule has 1 heterocycles. The van der Waals surface area contributed by atoms with Gasteiger partial charge in [0.1, 0.15) is 34.6 Å². The minimum absolute atomic E-state index is 0.0399. The lowest BCUT2D eigenvalue weighted by atomic mass is 9.93. The van der Waals surface area contributed by atoms with Gasteiger partial charge in [-0.3, -0.25) is 0 Å². The van der Waals surface area contributed by atoms with Crippen LogP contribution in [0.2, 0.25) is 0 Å². The Hall–Kier alpha value is -3.94. The van der Waals surface area contributed by atoms with Gasteiger partial charge in [0.2, 0.25) is 15.4 Å². The van der Waals surface area contributed by atoms with Gasteiger partial charge in [-0.25, -0.2) is 26.1 Å². The summed E-state index contributed by atoms with van der Waals surface area (Å²) in [6.07, 6.45) is 0.241. The van der Waals surface area contributed by atoms with Crippen molar-refractivity contribution < 1.29 is 25.8 Å². The number of fused-ring (bicyclic) bond motifs is 2. The number of azide groups is 1. The van der Waals surface area contributed by atoms with Crippen molar-refractivity contribution in [2.24, 2.45) is 5.11 Å². The van der Waals surface area contributed by atoms with Crippen molar-refractivity contribution in [3.05, 3.63) is 70.4 Å². The van der Waals surface area contributed by atoms with Crippen molar-refractivity contribution in [2.45, 2.75) is 43.9 Å². The summed E-state index contributed by atoms with van der Waals surface area (Å²) >= 11 is 0. The molecule has 0 saturated heterocycles. The number of nitrogens with one attached hydrogen (secondary N) is 1. The van der Waals surface area contributed by atoms with Crippen molar-refractivity contribution in [1.82, 2.24) is 9.30 Å². The van der Waals surface area contributed by atoms with Gasteiger partial charge in [0.15, 0.2) is 0 Å². The highest BCUT2D eigenvalue weighted by molar-refractivity contribution is 7.89. The van der Waals surface area contributed by atoms with Gasteiger partial charge in [0.05, 0.1) is 15.9 Å². The summed E-state index contributed by atoms with van der Waals surface area (Å²) in [4.78, 5) is 3.74. The van der Waals surface area contributed by atoms with E-state index in [9.17, 15) is 21.4 Å². The highest BCUT2D eigenvalue weighted by Crippen LogP contribution is 2.43. The summed E-state index contributed by atoms with van der Waals surface area (Å²) in [7, 11) is -9.31. The second kappa shape index (κ2) is 13.8. The van der Waals surface area contributed by atoms with Crippen LogP contribution in [0.25, 0.3) is 43.9 Å². The molecule has 0 radical (unpaired) electrons. The fourth-order valence-corrected chi connectivity index (χ4v) is 7.18. The molecule has 12 nitrogen and oxygen atoms in total. The molecule has 0 spiro atoms. The lowest BCUT2D eigenvalue weighted by Gasteiger charge is -2.23. The van der Waals surface area contributed by atoms with Gasteiger partial charge in [-0.2, -0.15) is 0 Å². The molecule has 234 valence electrons. The van der Waals surface area contributed by atoms with E-state index in [1.165, 1.54) is 12.1 Å². The minimum Gasteiger partial charge on any atom is -0.744 e. The van der Waals surface area contributed by atoms with Crippen LogP contribution < -0.4 is 19.6 Å². The Morgan fingerprint density at radius 3 is 2.30 bits per heavy atom. The fourth-order valence-electron chi connectivity index (χ4n) is 5.30. The molecule has 2 aromatic rings. The van der Waals surface area contributed by atoms with Crippen LogP contribution in [-0.2, 0) is 20.1 Å². The number of anilines is 1. The molecule has 4 rings (SSSR count). The number of sulfonamides is 1. The summed E-state index contributed by atoms with van der Waals surface area (Å²) in [5.41, 5.74) is 10.9. The van der Waals surface area contributed by atoms with Gasteiger partial charge in [0.25, 0.3) is 0 Å². The largest absolute Gasteiger partial charge is 0.744 e. The maximum Gasteiger partial charge on any atom is 0.240 e. The topological polar surface area (TPSA) is 172 Å². The molecule has 2 aromatic carbocycles. The first-order valence-corrected chi connectivity index (χ1v) is 17.3. The van der Waals surface area contributed by atoms with Gasteiger partial charge < -0.3 is 13.9 Å². The third kappa shape index (κ3) is 6.90. The number of rotatable bonds is 13. The molecule has 0 atom stereocenters. The average molecular weight is 641 g/mol. The molecule has 1 aliphatic heterocycles. The molecule has 0 bridgehead atoms.